The van der Waals surface area contributed by atoms with E-state index in [0.29, 0.717) is 28.0 Å². The lowest BCUT2D eigenvalue weighted by Gasteiger charge is -2.14. The summed E-state index contributed by atoms with van der Waals surface area (Å²) in [5.41, 5.74) is 0.680. The van der Waals surface area contributed by atoms with Crippen molar-refractivity contribution < 1.29 is 9.47 Å². The minimum Gasteiger partial charge on any atom is -0.495 e. The maximum Gasteiger partial charge on any atom is 0.225 e. The van der Waals surface area contributed by atoms with Crippen LogP contribution in [0.25, 0.3) is 10.2 Å². The van der Waals surface area contributed by atoms with Crippen molar-refractivity contribution in [2.75, 3.05) is 19.5 Å². The fourth-order valence-corrected chi connectivity index (χ4v) is 3.72. The van der Waals surface area contributed by atoms with Gasteiger partial charge >= 0.3 is 0 Å². The second-order valence-electron chi connectivity index (χ2n) is 4.94. The number of hydrogen-bond donors (Lipinski definition) is 1. The summed E-state index contributed by atoms with van der Waals surface area (Å²) in [6.07, 6.45) is 0.927. The summed E-state index contributed by atoms with van der Waals surface area (Å²) in [7, 11) is 3.13. The molecule has 0 amide bonds. The van der Waals surface area contributed by atoms with Gasteiger partial charge in [0.15, 0.2) is 0 Å². The fraction of sp³-hybridized carbons (Fsp3) is 0.250. The molecule has 1 aromatic carbocycles. The number of rotatable bonds is 5. The highest BCUT2D eigenvalue weighted by atomic mass is 35.5. The van der Waals surface area contributed by atoms with Crippen molar-refractivity contribution in [1.29, 1.82) is 0 Å². The van der Waals surface area contributed by atoms with E-state index in [2.05, 4.69) is 28.3 Å². The number of halogens is 2. The summed E-state index contributed by atoms with van der Waals surface area (Å²) in [4.78, 5) is 10.7. The number of thiophene rings is 1. The molecule has 24 heavy (non-hydrogen) atoms. The number of aromatic nitrogens is 2. The SMILES string of the molecule is CCc1cc2c(Nc3cc(OC)c(Cl)cc3OC)nc(Cl)nc2s1. The number of aryl methyl sites for hydroxylation is 1. The van der Waals surface area contributed by atoms with Crippen LogP contribution in [0.5, 0.6) is 11.5 Å². The zero-order chi connectivity index (χ0) is 17.3. The average molecular weight is 384 g/mol. The highest BCUT2D eigenvalue weighted by molar-refractivity contribution is 7.18. The highest BCUT2D eigenvalue weighted by Crippen LogP contribution is 2.39. The van der Waals surface area contributed by atoms with Crippen LogP contribution in [0.3, 0.4) is 0 Å². The molecule has 3 rings (SSSR count). The van der Waals surface area contributed by atoms with Crippen molar-refractivity contribution in [3.63, 3.8) is 0 Å². The summed E-state index contributed by atoms with van der Waals surface area (Å²) in [5, 5.41) is 4.82. The molecule has 0 aliphatic rings. The van der Waals surface area contributed by atoms with Gasteiger partial charge in [-0.2, -0.15) is 4.98 Å². The smallest absolute Gasteiger partial charge is 0.225 e. The van der Waals surface area contributed by atoms with Gasteiger partial charge in [0, 0.05) is 17.0 Å². The minimum absolute atomic E-state index is 0.189. The normalized spacial score (nSPS) is 10.9. The zero-order valence-electron chi connectivity index (χ0n) is 13.3. The number of methoxy groups -OCH3 is 2. The molecule has 126 valence electrons. The molecule has 0 saturated carbocycles. The van der Waals surface area contributed by atoms with Crippen LogP contribution in [-0.4, -0.2) is 24.2 Å². The summed E-state index contributed by atoms with van der Waals surface area (Å²) in [6, 6.07) is 5.52. The molecule has 0 radical (unpaired) electrons. The Labute approximate surface area is 153 Å². The Hall–Kier alpha value is -1.76. The third-order valence-corrected chi connectivity index (χ3v) is 5.13. The number of benzene rings is 1. The van der Waals surface area contributed by atoms with E-state index in [9.17, 15) is 0 Å². The lowest BCUT2D eigenvalue weighted by atomic mass is 10.2. The Morgan fingerprint density at radius 1 is 1.08 bits per heavy atom. The van der Waals surface area contributed by atoms with E-state index >= 15 is 0 Å². The quantitative estimate of drug-likeness (QED) is 0.604. The maximum absolute atomic E-state index is 6.15. The first-order valence-electron chi connectivity index (χ1n) is 7.20. The van der Waals surface area contributed by atoms with Gasteiger partial charge in [-0.15, -0.1) is 11.3 Å². The topological polar surface area (TPSA) is 56.3 Å². The molecule has 0 fully saturated rings. The molecular weight excluding hydrogens is 369 g/mol. The standard InChI is InChI=1S/C16H15Cl2N3O2S/c1-4-8-5-9-14(20-16(18)21-15(9)24-8)19-11-7-12(22-2)10(17)6-13(11)23-3/h5-7H,4H2,1-3H3,(H,19,20,21). The Morgan fingerprint density at radius 2 is 1.83 bits per heavy atom. The third kappa shape index (κ3) is 3.22. The van der Waals surface area contributed by atoms with Gasteiger partial charge in [-0.1, -0.05) is 18.5 Å². The van der Waals surface area contributed by atoms with Gasteiger partial charge in [0.1, 0.15) is 22.1 Å². The van der Waals surface area contributed by atoms with Gasteiger partial charge in [0.05, 0.1) is 30.3 Å². The molecule has 0 spiro atoms. The number of fused-ring (bicyclic) bond motifs is 1. The summed E-state index contributed by atoms with van der Waals surface area (Å²) >= 11 is 13.8. The predicted molar refractivity (Wildman–Crippen MR) is 99.6 cm³/mol. The van der Waals surface area contributed by atoms with Crippen molar-refractivity contribution in [2.24, 2.45) is 0 Å². The van der Waals surface area contributed by atoms with E-state index in [1.54, 1.807) is 37.7 Å². The van der Waals surface area contributed by atoms with Crippen molar-refractivity contribution in [3.05, 3.63) is 33.4 Å². The molecule has 2 aromatic heterocycles. The molecule has 0 aliphatic heterocycles. The molecule has 0 atom stereocenters. The monoisotopic (exact) mass is 383 g/mol. The van der Waals surface area contributed by atoms with Gasteiger partial charge < -0.3 is 14.8 Å². The van der Waals surface area contributed by atoms with Crippen LogP contribution in [0, 0.1) is 0 Å². The van der Waals surface area contributed by atoms with Crippen molar-refractivity contribution in [1.82, 2.24) is 9.97 Å². The Bertz CT molecular complexity index is 899. The predicted octanol–water partition coefficient (Wildman–Crippen LogP) is 5.32. The molecular formula is C16H15Cl2N3O2S. The molecule has 0 bridgehead atoms. The van der Waals surface area contributed by atoms with Gasteiger partial charge in [-0.05, 0) is 24.1 Å². The van der Waals surface area contributed by atoms with Crippen LogP contribution in [0.4, 0.5) is 11.5 Å². The van der Waals surface area contributed by atoms with Crippen LogP contribution in [0.15, 0.2) is 18.2 Å². The van der Waals surface area contributed by atoms with Crippen LogP contribution >= 0.6 is 34.5 Å². The first kappa shape index (κ1) is 17.1. The second-order valence-corrected chi connectivity index (χ2v) is 6.80. The third-order valence-electron chi connectivity index (χ3n) is 3.49. The van der Waals surface area contributed by atoms with E-state index in [1.807, 2.05) is 0 Å². The number of nitrogens with one attached hydrogen (secondary N) is 1. The van der Waals surface area contributed by atoms with E-state index in [4.69, 9.17) is 32.7 Å². The first-order chi connectivity index (χ1) is 11.5. The van der Waals surface area contributed by atoms with Crippen molar-refractivity contribution >= 4 is 56.3 Å². The number of nitrogens with zero attached hydrogens (tertiary/aromatic N) is 2. The highest BCUT2D eigenvalue weighted by Gasteiger charge is 2.15. The number of ether oxygens (including phenoxy) is 2. The Morgan fingerprint density at radius 3 is 2.50 bits per heavy atom. The molecule has 3 aromatic rings. The largest absolute Gasteiger partial charge is 0.495 e. The first-order valence-corrected chi connectivity index (χ1v) is 8.77. The molecule has 0 unspecified atom stereocenters. The molecule has 1 N–H and O–H groups in total. The van der Waals surface area contributed by atoms with Gasteiger partial charge in [-0.3, -0.25) is 0 Å². The molecule has 5 nitrogen and oxygen atoms in total. The lowest BCUT2D eigenvalue weighted by molar-refractivity contribution is 0.405. The molecule has 0 aliphatic carbocycles. The van der Waals surface area contributed by atoms with E-state index in [1.165, 1.54) is 4.88 Å². The number of hydrogen-bond acceptors (Lipinski definition) is 6. The average Bonchev–Trinajstić information content (AvgIpc) is 2.99. The maximum atomic E-state index is 6.15. The van der Waals surface area contributed by atoms with Crippen LogP contribution in [0.2, 0.25) is 10.3 Å². The van der Waals surface area contributed by atoms with Crippen LogP contribution in [0.1, 0.15) is 11.8 Å². The van der Waals surface area contributed by atoms with E-state index in [0.717, 1.165) is 16.6 Å². The summed E-state index contributed by atoms with van der Waals surface area (Å²) < 4.78 is 10.7. The van der Waals surface area contributed by atoms with Gasteiger partial charge in [0.25, 0.3) is 0 Å². The summed E-state index contributed by atoms with van der Waals surface area (Å²) in [6.45, 7) is 2.10. The van der Waals surface area contributed by atoms with Crippen LogP contribution < -0.4 is 14.8 Å². The molecule has 0 saturated heterocycles. The van der Waals surface area contributed by atoms with Gasteiger partial charge in [0.2, 0.25) is 5.28 Å². The van der Waals surface area contributed by atoms with Crippen molar-refractivity contribution in [3.8, 4) is 11.5 Å². The lowest BCUT2D eigenvalue weighted by Crippen LogP contribution is -1.99. The van der Waals surface area contributed by atoms with E-state index < -0.39 is 0 Å². The fourth-order valence-electron chi connectivity index (χ4n) is 2.30. The Balaban J connectivity index is 2.11. The van der Waals surface area contributed by atoms with Crippen LogP contribution in [-0.2, 0) is 6.42 Å². The summed E-state index contributed by atoms with van der Waals surface area (Å²) in [5.74, 6) is 1.73. The molecule has 8 heteroatoms. The second kappa shape index (κ2) is 7.01. The van der Waals surface area contributed by atoms with Crippen molar-refractivity contribution in [2.45, 2.75) is 13.3 Å². The zero-order valence-corrected chi connectivity index (χ0v) is 15.6. The minimum atomic E-state index is 0.189. The Kier molecular flexibility index (Phi) is 4.99. The molecule has 2 heterocycles. The van der Waals surface area contributed by atoms with E-state index in [-0.39, 0.29) is 5.28 Å². The van der Waals surface area contributed by atoms with Gasteiger partial charge in [-0.25, -0.2) is 4.98 Å². The number of anilines is 2.